The lowest BCUT2D eigenvalue weighted by Gasteiger charge is -2.19. The zero-order valence-electron chi connectivity index (χ0n) is 10.0. The minimum absolute atomic E-state index is 0.608. The molecule has 0 radical (unpaired) electrons. The Balaban J connectivity index is 1.68. The molecule has 0 spiro atoms. The first-order valence-electron chi connectivity index (χ1n) is 6.15. The summed E-state index contributed by atoms with van der Waals surface area (Å²) in [7, 11) is 0. The molecule has 3 heteroatoms. The van der Waals surface area contributed by atoms with Crippen molar-refractivity contribution in [2.45, 2.75) is 51.6 Å². The molecule has 0 aliphatic heterocycles. The van der Waals surface area contributed by atoms with Crippen LogP contribution >= 0.6 is 22.9 Å². The summed E-state index contributed by atoms with van der Waals surface area (Å²) in [4.78, 5) is 1.40. The topological polar surface area (TPSA) is 12.0 Å². The SMILES string of the molecule is CC(CCc1ccc(Cl)s1)NC(C)C1CC1. The Bertz CT molecular complexity index is 332. The lowest BCUT2D eigenvalue weighted by Crippen LogP contribution is -2.36. The molecule has 90 valence electrons. The minimum Gasteiger partial charge on any atom is -0.311 e. The van der Waals surface area contributed by atoms with Gasteiger partial charge in [0.05, 0.1) is 4.34 Å². The summed E-state index contributed by atoms with van der Waals surface area (Å²) >= 11 is 7.62. The lowest BCUT2D eigenvalue weighted by atomic mass is 10.1. The van der Waals surface area contributed by atoms with Gasteiger partial charge in [-0.3, -0.25) is 0 Å². The summed E-state index contributed by atoms with van der Waals surface area (Å²) < 4.78 is 0.905. The van der Waals surface area contributed by atoms with Gasteiger partial charge < -0.3 is 5.32 Å². The number of rotatable bonds is 6. The summed E-state index contributed by atoms with van der Waals surface area (Å²) in [6.45, 7) is 4.60. The van der Waals surface area contributed by atoms with E-state index in [1.165, 1.54) is 24.1 Å². The maximum absolute atomic E-state index is 5.91. The Hall–Kier alpha value is -0.0500. The van der Waals surface area contributed by atoms with Gasteiger partial charge in [-0.25, -0.2) is 0 Å². The number of aryl methyl sites for hydroxylation is 1. The van der Waals surface area contributed by atoms with Crippen molar-refractivity contribution in [3.8, 4) is 0 Å². The van der Waals surface area contributed by atoms with E-state index < -0.39 is 0 Å². The van der Waals surface area contributed by atoms with Crippen LogP contribution in [0.3, 0.4) is 0 Å². The van der Waals surface area contributed by atoms with Crippen LogP contribution in [0.25, 0.3) is 0 Å². The van der Waals surface area contributed by atoms with Crippen LogP contribution in [-0.4, -0.2) is 12.1 Å². The average Bonchev–Trinajstić information content (AvgIpc) is 3.00. The first-order chi connectivity index (χ1) is 7.65. The van der Waals surface area contributed by atoms with E-state index in [0.29, 0.717) is 12.1 Å². The molecule has 1 N–H and O–H groups in total. The predicted octanol–water partition coefficient (Wildman–Crippen LogP) is 4.11. The van der Waals surface area contributed by atoms with Crippen LogP contribution in [0.2, 0.25) is 4.34 Å². The van der Waals surface area contributed by atoms with Crippen molar-refractivity contribution >= 4 is 22.9 Å². The highest BCUT2D eigenvalue weighted by molar-refractivity contribution is 7.16. The molecule has 1 fully saturated rings. The average molecular weight is 258 g/mol. The fourth-order valence-corrected chi connectivity index (χ4v) is 3.21. The van der Waals surface area contributed by atoms with Crippen molar-refractivity contribution in [1.82, 2.24) is 5.32 Å². The number of hydrogen-bond acceptors (Lipinski definition) is 2. The first kappa shape index (κ1) is 12.4. The zero-order chi connectivity index (χ0) is 11.5. The molecule has 0 amide bonds. The highest BCUT2D eigenvalue weighted by atomic mass is 35.5. The Morgan fingerprint density at radius 3 is 2.75 bits per heavy atom. The molecule has 0 bridgehead atoms. The number of halogens is 1. The van der Waals surface area contributed by atoms with Crippen molar-refractivity contribution in [1.29, 1.82) is 0 Å². The smallest absolute Gasteiger partial charge is 0.0931 e. The molecule has 2 atom stereocenters. The molecule has 1 aromatic heterocycles. The Labute approximate surface area is 107 Å². The van der Waals surface area contributed by atoms with Crippen LogP contribution in [0.5, 0.6) is 0 Å². The van der Waals surface area contributed by atoms with Crippen molar-refractivity contribution in [3.63, 3.8) is 0 Å². The number of thiophene rings is 1. The summed E-state index contributed by atoms with van der Waals surface area (Å²) in [6, 6.07) is 5.44. The normalized spacial score (nSPS) is 19.7. The number of nitrogens with one attached hydrogen (secondary N) is 1. The zero-order valence-corrected chi connectivity index (χ0v) is 11.6. The molecule has 16 heavy (non-hydrogen) atoms. The second kappa shape index (κ2) is 5.52. The second-order valence-electron chi connectivity index (χ2n) is 4.94. The second-order valence-corrected chi connectivity index (χ2v) is 6.74. The maximum Gasteiger partial charge on any atom is 0.0931 e. The third-order valence-electron chi connectivity index (χ3n) is 3.33. The molecule has 1 aliphatic rings. The van der Waals surface area contributed by atoms with E-state index >= 15 is 0 Å². The van der Waals surface area contributed by atoms with Crippen LogP contribution < -0.4 is 5.32 Å². The van der Waals surface area contributed by atoms with Gasteiger partial charge in [0.1, 0.15) is 0 Å². The Morgan fingerprint density at radius 2 is 2.19 bits per heavy atom. The van der Waals surface area contributed by atoms with Crippen molar-refractivity contribution in [3.05, 3.63) is 21.3 Å². The van der Waals surface area contributed by atoms with E-state index in [0.717, 1.165) is 16.7 Å². The van der Waals surface area contributed by atoms with E-state index in [1.54, 1.807) is 11.3 Å². The van der Waals surface area contributed by atoms with Crippen LogP contribution in [-0.2, 0) is 6.42 Å². The number of hydrogen-bond donors (Lipinski definition) is 1. The fourth-order valence-electron chi connectivity index (χ4n) is 2.11. The molecule has 0 aromatic carbocycles. The van der Waals surface area contributed by atoms with Gasteiger partial charge in [0.15, 0.2) is 0 Å². The van der Waals surface area contributed by atoms with Gasteiger partial charge >= 0.3 is 0 Å². The fraction of sp³-hybridized carbons (Fsp3) is 0.692. The molecule has 1 saturated carbocycles. The molecular formula is C13H20ClNS. The Morgan fingerprint density at radius 1 is 1.44 bits per heavy atom. The third kappa shape index (κ3) is 3.76. The minimum atomic E-state index is 0.608. The van der Waals surface area contributed by atoms with Gasteiger partial charge in [0.25, 0.3) is 0 Å². The van der Waals surface area contributed by atoms with Crippen LogP contribution in [0.15, 0.2) is 12.1 Å². The molecule has 2 unspecified atom stereocenters. The monoisotopic (exact) mass is 257 g/mol. The largest absolute Gasteiger partial charge is 0.311 e. The molecule has 1 nitrogen and oxygen atoms in total. The van der Waals surface area contributed by atoms with E-state index in [9.17, 15) is 0 Å². The molecule has 1 heterocycles. The van der Waals surface area contributed by atoms with Gasteiger partial charge in [-0.05, 0) is 57.6 Å². The van der Waals surface area contributed by atoms with E-state index in [1.807, 2.05) is 6.07 Å². The van der Waals surface area contributed by atoms with E-state index in [4.69, 9.17) is 11.6 Å². The van der Waals surface area contributed by atoms with Crippen LogP contribution in [0.4, 0.5) is 0 Å². The summed E-state index contributed by atoms with van der Waals surface area (Å²) in [5, 5.41) is 3.69. The summed E-state index contributed by atoms with van der Waals surface area (Å²) in [6.07, 6.45) is 5.18. The lowest BCUT2D eigenvalue weighted by molar-refractivity contribution is 0.417. The standard InChI is InChI=1S/C13H20ClNS/c1-9(15-10(2)11-4-5-11)3-6-12-7-8-13(14)16-12/h7-11,15H,3-6H2,1-2H3. The quantitative estimate of drug-likeness (QED) is 0.809. The predicted molar refractivity (Wildman–Crippen MR) is 72.4 cm³/mol. The molecular weight excluding hydrogens is 238 g/mol. The van der Waals surface area contributed by atoms with Crippen LogP contribution in [0, 0.1) is 5.92 Å². The van der Waals surface area contributed by atoms with Crippen molar-refractivity contribution < 1.29 is 0 Å². The Kier molecular flexibility index (Phi) is 4.28. The van der Waals surface area contributed by atoms with Crippen molar-refractivity contribution in [2.75, 3.05) is 0 Å². The van der Waals surface area contributed by atoms with Gasteiger partial charge in [-0.15, -0.1) is 11.3 Å². The summed E-state index contributed by atoms with van der Waals surface area (Å²) in [5.74, 6) is 0.943. The first-order valence-corrected chi connectivity index (χ1v) is 7.35. The van der Waals surface area contributed by atoms with Gasteiger partial charge in [-0.2, -0.15) is 0 Å². The highest BCUT2D eigenvalue weighted by Gasteiger charge is 2.28. The molecule has 0 saturated heterocycles. The van der Waals surface area contributed by atoms with Crippen molar-refractivity contribution in [2.24, 2.45) is 5.92 Å². The molecule has 1 aliphatic carbocycles. The van der Waals surface area contributed by atoms with Gasteiger partial charge in [-0.1, -0.05) is 11.6 Å². The summed E-state index contributed by atoms with van der Waals surface area (Å²) in [5.41, 5.74) is 0. The van der Waals surface area contributed by atoms with E-state index in [-0.39, 0.29) is 0 Å². The van der Waals surface area contributed by atoms with Gasteiger partial charge in [0.2, 0.25) is 0 Å². The highest BCUT2D eigenvalue weighted by Crippen LogP contribution is 2.32. The van der Waals surface area contributed by atoms with Gasteiger partial charge in [0, 0.05) is 17.0 Å². The van der Waals surface area contributed by atoms with Crippen LogP contribution in [0.1, 0.15) is 38.0 Å². The third-order valence-corrected chi connectivity index (χ3v) is 4.62. The molecule has 1 aromatic rings. The molecule has 2 rings (SSSR count). The maximum atomic E-state index is 5.91. The van der Waals surface area contributed by atoms with E-state index in [2.05, 4.69) is 25.2 Å².